The summed E-state index contributed by atoms with van der Waals surface area (Å²) in [5.41, 5.74) is 5.43. The third-order valence-corrected chi connectivity index (χ3v) is 6.58. The predicted octanol–water partition coefficient (Wildman–Crippen LogP) is 6.08. The van der Waals surface area contributed by atoms with E-state index in [9.17, 15) is 4.79 Å². The molecular weight excluding hydrogens is 454 g/mol. The van der Waals surface area contributed by atoms with Crippen LogP contribution in [0.3, 0.4) is 0 Å². The molecule has 0 aliphatic carbocycles. The number of benzene rings is 3. The zero-order valence-corrected chi connectivity index (χ0v) is 20.4. The summed E-state index contributed by atoms with van der Waals surface area (Å²) in [6.45, 7) is 4.09. The van der Waals surface area contributed by atoms with Crippen molar-refractivity contribution in [3.05, 3.63) is 96.2 Å². The number of nitrogens with one attached hydrogen (secondary N) is 1. The number of carbonyl (C=O) groups excluding carboxylic acids is 1. The molecule has 5 rings (SSSR count). The average molecular weight is 480 g/mol. The lowest BCUT2D eigenvalue weighted by molar-refractivity contribution is -0.113. The van der Waals surface area contributed by atoms with E-state index in [1.54, 1.807) is 0 Å². The first-order valence-corrected chi connectivity index (χ1v) is 12.5. The van der Waals surface area contributed by atoms with Crippen molar-refractivity contribution in [2.75, 3.05) is 11.1 Å². The Morgan fingerprint density at radius 3 is 2.29 bits per heavy atom. The Balaban J connectivity index is 1.55. The Kier molecular flexibility index (Phi) is 6.59. The molecule has 1 amide bonds. The summed E-state index contributed by atoms with van der Waals surface area (Å²) in [7, 11) is 0. The van der Waals surface area contributed by atoms with Crippen molar-refractivity contribution >= 4 is 34.4 Å². The average Bonchev–Trinajstić information content (AvgIpc) is 3.28. The molecule has 2 aromatic heterocycles. The van der Waals surface area contributed by atoms with Crippen LogP contribution in [0.25, 0.3) is 28.1 Å². The number of anilines is 1. The minimum Gasteiger partial charge on any atom is -0.325 e. The molecule has 7 heteroatoms. The number of hydrogen-bond donors (Lipinski definition) is 1. The number of rotatable bonds is 7. The van der Waals surface area contributed by atoms with E-state index >= 15 is 0 Å². The first-order chi connectivity index (χ1) is 17.1. The Bertz CT molecular complexity index is 1460. The second-order valence-electron chi connectivity index (χ2n) is 8.17. The van der Waals surface area contributed by atoms with E-state index in [2.05, 4.69) is 12.2 Å². The van der Waals surface area contributed by atoms with Gasteiger partial charge in [0, 0.05) is 11.3 Å². The summed E-state index contributed by atoms with van der Waals surface area (Å²) in [5, 5.41) is 9.50. The molecule has 3 aromatic carbocycles. The maximum absolute atomic E-state index is 12.7. The lowest BCUT2D eigenvalue weighted by atomic mass is 10.2. The van der Waals surface area contributed by atoms with Crippen LogP contribution in [0.5, 0.6) is 0 Å². The summed E-state index contributed by atoms with van der Waals surface area (Å²) >= 11 is 1.41. The summed E-state index contributed by atoms with van der Waals surface area (Å²) in [6, 6.07) is 27.6. The van der Waals surface area contributed by atoms with Gasteiger partial charge in [0.25, 0.3) is 0 Å². The summed E-state index contributed by atoms with van der Waals surface area (Å²) in [6.07, 6.45) is 0.730. The van der Waals surface area contributed by atoms with Crippen molar-refractivity contribution in [1.82, 2.24) is 19.7 Å². The van der Waals surface area contributed by atoms with Crippen LogP contribution in [0.4, 0.5) is 5.69 Å². The van der Waals surface area contributed by atoms with Crippen LogP contribution in [0.1, 0.15) is 18.2 Å². The third kappa shape index (κ3) is 4.95. The number of para-hydroxylation sites is 1. The summed E-state index contributed by atoms with van der Waals surface area (Å²) < 4.78 is 1.87. The van der Waals surface area contributed by atoms with Crippen LogP contribution < -0.4 is 5.32 Å². The number of nitrogens with zero attached hydrogens (tertiary/aromatic N) is 4. The van der Waals surface area contributed by atoms with Gasteiger partial charge in [0.1, 0.15) is 5.03 Å². The fourth-order valence-corrected chi connectivity index (χ4v) is 4.68. The van der Waals surface area contributed by atoms with Gasteiger partial charge in [-0.15, -0.1) is 0 Å². The number of carbonyl (C=O) groups is 1. The molecule has 35 heavy (non-hydrogen) atoms. The summed E-state index contributed by atoms with van der Waals surface area (Å²) in [5.74, 6) is 0.758. The fourth-order valence-electron chi connectivity index (χ4n) is 3.84. The first-order valence-electron chi connectivity index (χ1n) is 11.5. The van der Waals surface area contributed by atoms with E-state index < -0.39 is 0 Å². The second kappa shape index (κ2) is 10.1. The Morgan fingerprint density at radius 1 is 0.914 bits per heavy atom. The zero-order chi connectivity index (χ0) is 24.2. The van der Waals surface area contributed by atoms with E-state index in [1.165, 1.54) is 11.8 Å². The van der Waals surface area contributed by atoms with Crippen molar-refractivity contribution in [3.63, 3.8) is 0 Å². The van der Waals surface area contributed by atoms with Gasteiger partial charge in [0.2, 0.25) is 5.91 Å². The highest BCUT2D eigenvalue weighted by molar-refractivity contribution is 8.00. The number of fused-ring (bicyclic) bond motifs is 1. The molecule has 0 fully saturated rings. The lowest BCUT2D eigenvalue weighted by Gasteiger charge is -2.09. The van der Waals surface area contributed by atoms with Crippen molar-refractivity contribution < 1.29 is 4.79 Å². The van der Waals surface area contributed by atoms with Gasteiger partial charge in [0.15, 0.2) is 11.5 Å². The van der Waals surface area contributed by atoms with Crippen LogP contribution >= 0.6 is 11.8 Å². The molecule has 0 saturated carbocycles. The van der Waals surface area contributed by atoms with Crippen LogP contribution in [-0.2, 0) is 11.2 Å². The van der Waals surface area contributed by atoms with Crippen molar-refractivity contribution in [1.29, 1.82) is 0 Å². The highest BCUT2D eigenvalue weighted by Crippen LogP contribution is 2.32. The summed E-state index contributed by atoms with van der Waals surface area (Å²) in [4.78, 5) is 22.6. The monoisotopic (exact) mass is 479 g/mol. The number of hydrogen-bond acceptors (Lipinski definition) is 5. The van der Waals surface area contributed by atoms with E-state index in [0.717, 1.165) is 50.7 Å². The van der Waals surface area contributed by atoms with Crippen LogP contribution in [0, 0.1) is 6.92 Å². The Labute approximate surface area is 208 Å². The van der Waals surface area contributed by atoms with Gasteiger partial charge in [-0.05, 0) is 37.6 Å². The van der Waals surface area contributed by atoms with Crippen molar-refractivity contribution in [2.45, 2.75) is 25.3 Å². The Hall–Kier alpha value is -3.97. The molecule has 0 atom stereocenters. The van der Waals surface area contributed by atoms with Gasteiger partial charge in [-0.1, -0.05) is 84.9 Å². The first kappa shape index (κ1) is 22.8. The molecule has 5 aromatic rings. The van der Waals surface area contributed by atoms with E-state index in [-0.39, 0.29) is 11.7 Å². The van der Waals surface area contributed by atoms with Crippen molar-refractivity contribution in [3.8, 4) is 17.1 Å². The minimum absolute atomic E-state index is 0.0830. The topological polar surface area (TPSA) is 72.7 Å². The molecular formula is C28H25N5OS. The Morgan fingerprint density at radius 2 is 1.60 bits per heavy atom. The second-order valence-corrected chi connectivity index (χ2v) is 9.13. The van der Waals surface area contributed by atoms with E-state index in [1.807, 2.05) is 96.5 Å². The maximum Gasteiger partial charge on any atom is 0.234 e. The molecule has 1 N–H and O–H groups in total. The number of aryl methyl sites for hydroxylation is 2. The zero-order valence-electron chi connectivity index (χ0n) is 19.6. The molecule has 0 aliphatic rings. The standard InChI is InChI=1S/C28H25N5OS/c1-3-23-25-27(33(32-23)22-12-8-5-9-13-22)30-26(20-10-6-4-7-11-20)31-28(25)35-18-24(34)29-21-16-14-19(2)15-17-21/h4-17H,3,18H2,1-2H3,(H,29,34). The molecule has 0 unspecified atom stereocenters. The number of amides is 1. The minimum atomic E-state index is -0.0830. The van der Waals surface area contributed by atoms with Gasteiger partial charge < -0.3 is 5.32 Å². The van der Waals surface area contributed by atoms with Gasteiger partial charge in [-0.25, -0.2) is 14.6 Å². The van der Waals surface area contributed by atoms with Crippen LogP contribution in [-0.4, -0.2) is 31.4 Å². The van der Waals surface area contributed by atoms with Gasteiger partial charge in [-0.3, -0.25) is 4.79 Å². The SMILES string of the molecule is CCc1nn(-c2ccccc2)c2nc(-c3ccccc3)nc(SCC(=O)Nc3ccc(C)cc3)c12. The largest absolute Gasteiger partial charge is 0.325 e. The molecule has 174 valence electrons. The maximum atomic E-state index is 12.7. The highest BCUT2D eigenvalue weighted by atomic mass is 32.2. The van der Waals surface area contributed by atoms with E-state index in [4.69, 9.17) is 15.1 Å². The molecule has 0 bridgehead atoms. The van der Waals surface area contributed by atoms with E-state index in [0.29, 0.717) is 5.82 Å². The molecule has 0 saturated heterocycles. The third-order valence-electron chi connectivity index (χ3n) is 5.61. The van der Waals surface area contributed by atoms with Crippen LogP contribution in [0.2, 0.25) is 0 Å². The van der Waals surface area contributed by atoms with Gasteiger partial charge >= 0.3 is 0 Å². The molecule has 0 radical (unpaired) electrons. The highest BCUT2D eigenvalue weighted by Gasteiger charge is 2.20. The fraction of sp³-hybridized carbons (Fsp3) is 0.143. The van der Waals surface area contributed by atoms with Gasteiger partial charge in [-0.2, -0.15) is 5.10 Å². The number of aromatic nitrogens is 4. The number of thioether (sulfide) groups is 1. The molecule has 0 aliphatic heterocycles. The quantitative estimate of drug-likeness (QED) is 0.226. The predicted molar refractivity (Wildman–Crippen MR) is 142 cm³/mol. The van der Waals surface area contributed by atoms with Gasteiger partial charge in [0.05, 0.1) is 22.5 Å². The normalized spacial score (nSPS) is 11.0. The molecule has 0 spiro atoms. The van der Waals surface area contributed by atoms with Crippen molar-refractivity contribution in [2.24, 2.45) is 0 Å². The molecule has 2 heterocycles. The molecule has 6 nitrogen and oxygen atoms in total. The lowest BCUT2D eigenvalue weighted by Crippen LogP contribution is -2.14. The smallest absolute Gasteiger partial charge is 0.234 e. The van der Waals surface area contributed by atoms with Crippen LogP contribution in [0.15, 0.2) is 90.0 Å².